The summed E-state index contributed by atoms with van der Waals surface area (Å²) in [6.45, 7) is 4.48. The first-order chi connectivity index (χ1) is 22.4. The van der Waals surface area contributed by atoms with Crippen LogP contribution in [0.5, 0.6) is 0 Å². The van der Waals surface area contributed by atoms with Gasteiger partial charge in [0.05, 0.1) is 6.54 Å². The van der Waals surface area contributed by atoms with Crippen LogP contribution in [0.3, 0.4) is 0 Å². The number of alkyl halides is 2. The maximum Gasteiger partial charge on any atom is 0.322 e. The van der Waals surface area contributed by atoms with E-state index in [1.54, 1.807) is 0 Å². The second-order valence-electron chi connectivity index (χ2n) is 11.1. The molecule has 0 aliphatic rings. The Morgan fingerprint density at radius 3 is 1.94 bits per heavy atom. The summed E-state index contributed by atoms with van der Waals surface area (Å²) < 4.78 is 0. The molecular weight excluding hydrogens is 649 g/mol. The largest absolute Gasteiger partial charge is 0.481 e. The van der Waals surface area contributed by atoms with Crippen LogP contribution in [-0.4, -0.2) is 89.9 Å². The van der Waals surface area contributed by atoms with E-state index < -0.39 is 48.3 Å². The van der Waals surface area contributed by atoms with Gasteiger partial charge in [0.25, 0.3) is 0 Å². The number of nitrogens with zero attached hydrogens (tertiary/aromatic N) is 1. The molecule has 2 aromatic carbocycles. The van der Waals surface area contributed by atoms with Crippen LogP contribution in [0.15, 0.2) is 54.6 Å². The van der Waals surface area contributed by atoms with Crippen molar-refractivity contribution < 1.29 is 34.2 Å². The summed E-state index contributed by atoms with van der Waals surface area (Å²) in [7, 11) is 0. The number of aliphatic carboxylic acids is 2. The first kappa shape index (κ1) is 41.2. The van der Waals surface area contributed by atoms with Gasteiger partial charge < -0.3 is 36.8 Å². The van der Waals surface area contributed by atoms with E-state index in [0.717, 1.165) is 36.3 Å². The molecule has 260 valence electrons. The van der Waals surface area contributed by atoms with E-state index in [0.29, 0.717) is 24.6 Å². The molecule has 0 radical (unpaired) electrons. The maximum absolute atomic E-state index is 12.8. The van der Waals surface area contributed by atoms with Gasteiger partial charge in [0, 0.05) is 43.4 Å². The summed E-state index contributed by atoms with van der Waals surface area (Å²) in [4.78, 5) is 60.0. The highest BCUT2D eigenvalue weighted by Gasteiger charge is 2.27. The van der Waals surface area contributed by atoms with Crippen molar-refractivity contribution in [3.05, 3.63) is 65.7 Å². The van der Waals surface area contributed by atoms with Crippen LogP contribution >= 0.6 is 23.2 Å². The number of anilines is 1. The van der Waals surface area contributed by atoms with Gasteiger partial charge >= 0.3 is 11.9 Å². The molecule has 2 atom stereocenters. The molecule has 7 N–H and O–H groups in total. The number of amides is 3. The number of carboxylic acid groups (broad SMARTS) is 2. The van der Waals surface area contributed by atoms with E-state index in [2.05, 4.69) is 20.9 Å². The summed E-state index contributed by atoms with van der Waals surface area (Å²) in [5.74, 6) is -2.34. The fourth-order valence-electron chi connectivity index (χ4n) is 4.46. The summed E-state index contributed by atoms with van der Waals surface area (Å²) >= 11 is 11.5. The van der Waals surface area contributed by atoms with Crippen molar-refractivity contribution in [1.29, 1.82) is 0 Å². The number of benzene rings is 2. The minimum Gasteiger partial charge on any atom is -0.481 e. The van der Waals surface area contributed by atoms with E-state index in [1.807, 2.05) is 68.4 Å². The lowest BCUT2D eigenvalue weighted by atomic mass is 10.0. The smallest absolute Gasteiger partial charge is 0.322 e. The zero-order valence-corrected chi connectivity index (χ0v) is 28.4. The second-order valence-corrected chi connectivity index (χ2v) is 11.9. The maximum atomic E-state index is 12.8. The zero-order chi connectivity index (χ0) is 35.2. The quantitative estimate of drug-likeness (QED) is 0.113. The molecule has 12 nitrogen and oxygen atoms in total. The third kappa shape index (κ3) is 18.2. The van der Waals surface area contributed by atoms with Crippen LogP contribution in [0.1, 0.15) is 44.2 Å². The van der Waals surface area contributed by atoms with E-state index in [1.165, 1.54) is 0 Å². The molecule has 0 heterocycles. The number of carboxylic acids is 2. The molecule has 2 aromatic rings. The third-order valence-electron chi connectivity index (χ3n) is 6.74. The predicted octanol–water partition coefficient (Wildman–Crippen LogP) is 2.78. The predicted molar refractivity (Wildman–Crippen MR) is 184 cm³/mol. The van der Waals surface area contributed by atoms with Crippen LogP contribution in [0, 0.1) is 5.92 Å². The van der Waals surface area contributed by atoms with Gasteiger partial charge in [-0.05, 0) is 48.4 Å². The molecule has 0 unspecified atom stereocenters. The molecule has 0 spiro atoms. The Bertz CT molecular complexity index is 1240. The van der Waals surface area contributed by atoms with Crippen LogP contribution in [0.2, 0.25) is 0 Å². The summed E-state index contributed by atoms with van der Waals surface area (Å²) in [6.07, 6.45) is 2.22. The van der Waals surface area contributed by atoms with Crippen LogP contribution in [-0.2, 0) is 36.8 Å². The number of hydrogen-bond acceptors (Lipinski definition) is 7. The minimum atomic E-state index is -1.18. The fraction of sp³-hybridized carbons (Fsp3) is 0.485. The Morgan fingerprint density at radius 2 is 1.43 bits per heavy atom. The SMILES string of the molecule is CC(C)C[C@H](NC(=O)[C@H](Cc1ccccc1)NC(=O)CN)C(=O)NCC(=O)O.O=C(O)CCCc1ccc(N(CCCl)CCCl)cc1. The normalized spacial score (nSPS) is 11.8. The van der Waals surface area contributed by atoms with Crippen molar-refractivity contribution in [2.24, 2.45) is 11.7 Å². The van der Waals surface area contributed by atoms with Gasteiger partial charge in [0.2, 0.25) is 17.7 Å². The molecule has 3 amide bonds. The van der Waals surface area contributed by atoms with Gasteiger partial charge in [0.15, 0.2) is 0 Å². The van der Waals surface area contributed by atoms with Gasteiger partial charge in [-0.2, -0.15) is 0 Å². The van der Waals surface area contributed by atoms with Crippen molar-refractivity contribution in [3.63, 3.8) is 0 Å². The van der Waals surface area contributed by atoms with Gasteiger partial charge in [-0.25, -0.2) is 0 Å². The number of hydrogen-bond donors (Lipinski definition) is 6. The molecule has 0 saturated heterocycles. The molecule has 0 aliphatic carbocycles. The Kier molecular flexibility index (Phi) is 20.5. The molecule has 0 saturated carbocycles. The topological polar surface area (TPSA) is 191 Å². The molecule has 0 aliphatic heterocycles. The third-order valence-corrected chi connectivity index (χ3v) is 7.08. The van der Waals surface area contributed by atoms with E-state index in [-0.39, 0.29) is 25.3 Å². The lowest BCUT2D eigenvalue weighted by molar-refractivity contribution is -0.138. The molecular formula is C33H47Cl2N5O7. The van der Waals surface area contributed by atoms with Crippen molar-refractivity contribution >= 4 is 58.5 Å². The monoisotopic (exact) mass is 695 g/mol. The molecule has 0 fully saturated rings. The van der Waals surface area contributed by atoms with Gasteiger partial charge in [-0.1, -0.05) is 56.3 Å². The highest BCUT2D eigenvalue weighted by atomic mass is 35.5. The number of aryl methyl sites for hydroxylation is 1. The number of rotatable bonds is 20. The van der Waals surface area contributed by atoms with Crippen molar-refractivity contribution in [3.8, 4) is 0 Å². The van der Waals surface area contributed by atoms with Crippen molar-refractivity contribution in [2.45, 2.75) is 58.0 Å². The molecule has 0 aromatic heterocycles. The van der Waals surface area contributed by atoms with E-state index in [9.17, 15) is 24.0 Å². The number of nitrogens with two attached hydrogens (primary N) is 1. The average molecular weight is 697 g/mol. The highest BCUT2D eigenvalue weighted by molar-refractivity contribution is 6.18. The van der Waals surface area contributed by atoms with Crippen LogP contribution in [0.4, 0.5) is 5.69 Å². The molecule has 2 rings (SSSR count). The van der Waals surface area contributed by atoms with Crippen molar-refractivity contribution in [2.75, 3.05) is 42.8 Å². The average Bonchev–Trinajstić information content (AvgIpc) is 3.03. The summed E-state index contributed by atoms with van der Waals surface area (Å²) in [6, 6.07) is 15.4. The highest BCUT2D eigenvalue weighted by Crippen LogP contribution is 2.17. The zero-order valence-electron chi connectivity index (χ0n) is 26.9. The number of halogens is 2. The fourth-order valence-corrected chi connectivity index (χ4v) is 4.87. The molecule has 0 bridgehead atoms. The van der Waals surface area contributed by atoms with E-state index >= 15 is 0 Å². The lowest BCUT2D eigenvalue weighted by Crippen LogP contribution is -2.55. The standard InChI is InChI=1S/C19H28N4O5.C14H19Cl2NO2/c1-12(2)8-14(18(27)21-11-17(25)26)23-19(28)15(22-16(24)10-20)9-13-6-4-3-5-7-13;15-8-10-17(11-9-16)13-6-4-12(5-7-13)2-1-3-14(18)19/h3-7,12,14-15H,8-11,20H2,1-2H3,(H,21,27)(H,22,24)(H,23,28)(H,25,26);4-7H,1-3,8-11H2,(H,18,19)/t14-,15-;/m0./s1. The first-order valence-corrected chi connectivity index (χ1v) is 16.5. The van der Waals surface area contributed by atoms with Gasteiger partial charge in [-0.15, -0.1) is 23.2 Å². The van der Waals surface area contributed by atoms with Gasteiger partial charge in [-0.3, -0.25) is 24.0 Å². The number of carbonyl (C=O) groups excluding carboxylic acids is 3. The van der Waals surface area contributed by atoms with Crippen LogP contribution in [0.25, 0.3) is 0 Å². The first-order valence-electron chi connectivity index (χ1n) is 15.4. The number of carbonyl (C=O) groups is 5. The van der Waals surface area contributed by atoms with Crippen molar-refractivity contribution in [1.82, 2.24) is 16.0 Å². The number of nitrogens with one attached hydrogen (secondary N) is 3. The van der Waals surface area contributed by atoms with E-state index in [4.69, 9.17) is 39.1 Å². The molecule has 47 heavy (non-hydrogen) atoms. The second kappa shape index (κ2) is 23.4. The minimum absolute atomic E-state index is 0.0760. The Balaban J connectivity index is 0.000000506. The Morgan fingerprint density at radius 1 is 0.809 bits per heavy atom. The Labute approximate surface area is 286 Å². The Hall–Kier alpha value is -3.87. The lowest BCUT2D eigenvalue weighted by Gasteiger charge is -2.24. The van der Waals surface area contributed by atoms with Crippen LogP contribution < -0.4 is 26.6 Å². The van der Waals surface area contributed by atoms with Gasteiger partial charge in [0.1, 0.15) is 18.6 Å². The summed E-state index contributed by atoms with van der Waals surface area (Å²) in [5.41, 5.74) is 8.42. The molecule has 14 heteroatoms. The summed E-state index contributed by atoms with van der Waals surface area (Å²) in [5, 5.41) is 24.8.